The molecule has 1 aliphatic heterocycles. The lowest BCUT2D eigenvalue weighted by Crippen LogP contribution is -2.41. The Hall–Kier alpha value is -0.870. The number of aldehydes is 1. The highest BCUT2D eigenvalue weighted by molar-refractivity contribution is 9.10. The predicted octanol–water partition coefficient (Wildman–Crippen LogP) is 2.79. The van der Waals surface area contributed by atoms with Crippen molar-refractivity contribution in [3.63, 3.8) is 0 Å². The van der Waals surface area contributed by atoms with Gasteiger partial charge in [0, 0.05) is 34.9 Å². The Kier molecular flexibility index (Phi) is 4.40. The zero-order valence-electron chi connectivity index (χ0n) is 10.9. The van der Waals surface area contributed by atoms with E-state index in [0.29, 0.717) is 11.6 Å². The van der Waals surface area contributed by atoms with Crippen LogP contribution in [-0.2, 0) is 0 Å². The second-order valence-corrected chi connectivity index (χ2v) is 5.86. The zero-order valence-corrected chi connectivity index (χ0v) is 12.5. The summed E-state index contributed by atoms with van der Waals surface area (Å²) in [5, 5.41) is 0. The van der Waals surface area contributed by atoms with Gasteiger partial charge in [-0.25, -0.2) is 0 Å². The summed E-state index contributed by atoms with van der Waals surface area (Å²) in [6.07, 6.45) is 3.27. The largest absolute Gasteiger partial charge is 0.371 e. The maximum absolute atomic E-state index is 10.8. The van der Waals surface area contributed by atoms with Crippen LogP contribution >= 0.6 is 15.9 Å². The summed E-state index contributed by atoms with van der Waals surface area (Å²) in [6.45, 7) is 2.16. The molecule has 0 unspecified atom stereocenters. The highest BCUT2D eigenvalue weighted by Crippen LogP contribution is 2.26. The number of anilines is 1. The Labute approximate surface area is 117 Å². The molecular formula is C14H19BrN2O. The zero-order chi connectivity index (χ0) is 13.1. The first-order valence-electron chi connectivity index (χ1n) is 6.28. The second-order valence-electron chi connectivity index (χ2n) is 5.01. The lowest BCUT2D eigenvalue weighted by Gasteiger charge is -2.36. The Balaban J connectivity index is 2.05. The summed E-state index contributed by atoms with van der Waals surface area (Å²) in [5.74, 6) is 0. The number of benzene rings is 1. The van der Waals surface area contributed by atoms with Crippen LogP contribution < -0.4 is 4.90 Å². The lowest BCUT2D eigenvalue weighted by atomic mass is 10.0. The molecule has 0 aromatic heterocycles. The highest BCUT2D eigenvalue weighted by atomic mass is 79.9. The monoisotopic (exact) mass is 310 g/mol. The number of carbonyl (C=O) groups is 1. The van der Waals surface area contributed by atoms with Crippen LogP contribution in [0.1, 0.15) is 23.2 Å². The van der Waals surface area contributed by atoms with Crippen molar-refractivity contribution in [1.29, 1.82) is 0 Å². The minimum atomic E-state index is 0.693. The van der Waals surface area contributed by atoms with Gasteiger partial charge in [-0.3, -0.25) is 4.79 Å². The molecule has 1 aromatic carbocycles. The summed E-state index contributed by atoms with van der Waals surface area (Å²) in [6, 6.07) is 6.65. The summed E-state index contributed by atoms with van der Waals surface area (Å²) in [4.78, 5) is 15.5. The van der Waals surface area contributed by atoms with Crippen molar-refractivity contribution in [3.05, 3.63) is 28.2 Å². The van der Waals surface area contributed by atoms with E-state index in [4.69, 9.17) is 0 Å². The van der Waals surface area contributed by atoms with Crippen molar-refractivity contribution >= 4 is 27.9 Å². The maximum atomic E-state index is 10.8. The number of hydrogen-bond acceptors (Lipinski definition) is 3. The third kappa shape index (κ3) is 2.93. The molecule has 98 valence electrons. The van der Waals surface area contributed by atoms with Crippen molar-refractivity contribution in [2.24, 2.45) is 0 Å². The first kappa shape index (κ1) is 13.6. The molecule has 0 aliphatic carbocycles. The van der Waals surface area contributed by atoms with E-state index >= 15 is 0 Å². The normalized spacial score (nSPS) is 17.2. The van der Waals surface area contributed by atoms with Gasteiger partial charge in [-0.2, -0.15) is 0 Å². The highest BCUT2D eigenvalue weighted by Gasteiger charge is 2.20. The van der Waals surface area contributed by atoms with Crippen molar-refractivity contribution in [1.82, 2.24) is 4.90 Å². The van der Waals surface area contributed by atoms with Crippen LogP contribution in [0.15, 0.2) is 22.7 Å². The minimum Gasteiger partial charge on any atom is -0.371 e. The van der Waals surface area contributed by atoms with E-state index in [2.05, 4.69) is 39.8 Å². The van der Waals surface area contributed by atoms with Gasteiger partial charge in [-0.05, 0) is 61.1 Å². The predicted molar refractivity (Wildman–Crippen MR) is 78.5 cm³/mol. The summed E-state index contributed by atoms with van der Waals surface area (Å²) in [5.41, 5.74) is 1.91. The van der Waals surface area contributed by atoms with Crippen molar-refractivity contribution < 1.29 is 4.79 Å². The van der Waals surface area contributed by atoms with E-state index in [1.165, 1.54) is 18.5 Å². The van der Waals surface area contributed by atoms with E-state index < -0.39 is 0 Å². The SMILES string of the molecule is CN(C)C1CCN(c2ccc(C=O)c(Br)c2)CC1. The van der Waals surface area contributed by atoms with E-state index in [1.807, 2.05) is 18.2 Å². The summed E-state index contributed by atoms with van der Waals surface area (Å²) >= 11 is 3.44. The van der Waals surface area contributed by atoms with Crippen LogP contribution in [-0.4, -0.2) is 44.4 Å². The molecule has 0 atom stereocenters. The van der Waals surface area contributed by atoms with Crippen molar-refractivity contribution in [3.8, 4) is 0 Å². The summed E-state index contributed by atoms with van der Waals surface area (Å²) < 4.78 is 0.879. The molecule has 2 rings (SSSR count). The molecule has 1 aromatic rings. The number of halogens is 1. The van der Waals surface area contributed by atoms with Gasteiger partial charge in [0.1, 0.15) is 0 Å². The molecule has 1 saturated heterocycles. The first-order valence-corrected chi connectivity index (χ1v) is 7.07. The number of rotatable bonds is 3. The van der Waals surface area contributed by atoms with Gasteiger partial charge in [-0.15, -0.1) is 0 Å². The molecule has 0 amide bonds. The summed E-state index contributed by atoms with van der Waals surface area (Å²) in [7, 11) is 4.30. The topological polar surface area (TPSA) is 23.6 Å². The molecular weight excluding hydrogens is 292 g/mol. The van der Waals surface area contributed by atoms with Gasteiger partial charge >= 0.3 is 0 Å². The Morgan fingerprint density at radius 1 is 1.33 bits per heavy atom. The van der Waals surface area contributed by atoms with Gasteiger partial charge in [0.05, 0.1) is 0 Å². The quantitative estimate of drug-likeness (QED) is 0.802. The molecule has 18 heavy (non-hydrogen) atoms. The fourth-order valence-corrected chi connectivity index (χ4v) is 2.91. The standard InChI is InChI=1S/C14H19BrN2O/c1-16(2)12-5-7-17(8-6-12)13-4-3-11(10-18)14(15)9-13/h3-4,9-10,12H,5-8H2,1-2H3. The van der Waals surface area contributed by atoms with E-state index in [1.54, 1.807) is 0 Å². The maximum Gasteiger partial charge on any atom is 0.151 e. The van der Waals surface area contributed by atoms with Crippen molar-refractivity contribution in [2.45, 2.75) is 18.9 Å². The van der Waals surface area contributed by atoms with Gasteiger partial charge in [0.25, 0.3) is 0 Å². The molecule has 4 heteroatoms. The molecule has 0 radical (unpaired) electrons. The van der Waals surface area contributed by atoms with Gasteiger partial charge in [0.15, 0.2) is 6.29 Å². The van der Waals surface area contributed by atoms with Crippen LogP contribution in [0.3, 0.4) is 0 Å². The van der Waals surface area contributed by atoms with Crippen LogP contribution in [0.2, 0.25) is 0 Å². The van der Waals surface area contributed by atoms with Crippen LogP contribution in [0.4, 0.5) is 5.69 Å². The average Bonchev–Trinajstić information content (AvgIpc) is 2.38. The fourth-order valence-electron chi connectivity index (χ4n) is 2.45. The molecule has 1 aliphatic rings. The van der Waals surface area contributed by atoms with E-state index in [0.717, 1.165) is 23.8 Å². The third-order valence-corrected chi connectivity index (χ3v) is 4.36. The molecule has 1 heterocycles. The van der Waals surface area contributed by atoms with Gasteiger partial charge in [0.2, 0.25) is 0 Å². The molecule has 1 fully saturated rings. The van der Waals surface area contributed by atoms with Gasteiger partial charge in [-0.1, -0.05) is 0 Å². The van der Waals surface area contributed by atoms with Gasteiger partial charge < -0.3 is 9.80 Å². The van der Waals surface area contributed by atoms with Crippen molar-refractivity contribution in [2.75, 3.05) is 32.1 Å². The Bertz CT molecular complexity index is 426. The number of hydrogen-bond donors (Lipinski definition) is 0. The molecule has 0 N–H and O–H groups in total. The minimum absolute atomic E-state index is 0.693. The first-order chi connectivity index (χ1) is 8.61. The number of carbonyl (C=O) groups excluding carboxylic acids is 1. The van der Waals surface area contributed by atoms with E-state index in [9.17, 15) is 4.79 Å². The number of nitrogens with zero attached hydrogens (tertiary/aromatic N) is 2. The Morgan fingerprint density at radius 2 is 2.00 bits per heavy atom. The molecule has 0 saturated carbocycles. The molecule has 0 spiro atoms. The van der Waals surface area contributed by atoms with Crippen LogP contribution in [0.5, 0.6) is 0 Å². The lowest BCUT2D eigenvalue weighted by molar-refractivity contribution is 0.112. The fraction of sp³-hybridized carbons (Fsp3) is 0.500. The molecule has 3 nitrogen and oxygen atoms in total. The van der Waals surface area contributed by atoms with Crippen LogP contribution in [0, 0.1) is 0 Å². The average molecular weight is 311 g/mol. The molecule has 0 bridgehead atoms. The number of piperidine rings is 1. The Morgan fingerprint density at radius 3 is 2.50 bits per heavy atom. The van der Waals surface area contributed by atoms with Crippen LogP contribution in [0.25, 0.3) is 0 Å². The van der Waals surface area contributed by atoms with E-state index in [-0.39, 0.29) is 0 Å². The third-order valence-electron chi connectivity index (χ3n) is 3.67. The smallest absolute Gasteiger partial charge is 0.151 e. The second kappa shape index (κ2) is 5.85.